The van der Waals surface area contributed by atoms with E-state index in [1.807, 2.05) is 0 Å². The molecule has 1 atom stereocenters. The molecule has 0 heterocycles. The van der Waals surface area contributed by atoms with Gasteiger partial charge in [0.1, 0.15) is 0 Å². The highest BCUT2D eigenvalue weighted by Gasteiger charge is 2.16. The number of hydrogen-bond donors (Lipinski definition) is 2. The normalized spacial score (nSPS) is 12.6. The summed E-state index contributed by atoms with van der Waals surface area (Å²) in [6.07, 6.45) is -0.162. The lowest BCUT2D eigenvalue weighted by Gasteiger charge is -2.04. The van der Waals surface area contributed by atoms with Gasteiger partial charge in [-0.05, 0) is 0 Å². The van der Waals surface area contributed by atoms with Crippen LogP contribution in [0.2, 0.25) is 0 Å². The van der Waals surface area contributed by atoms with Crippen molar-refractivity contribution in [2.24, 2.45) is 0 Å². The van der Waals surface area contributed by atoms with E-state index in [2.05, 4.69) is 3.53 Å². The predicted octanol–water partition coefficient (Wildman–Crippen LogP) is 0.731. The van der Waals surface area contributed by atoms with Crippen molar-refractivity contribution in [1.29, 1.82) is 0 Å². The van der Waals surface area contributed by atoms with E-state index >= 15 is 0 Å². The average Bonchev–Trinajstić information content (AvgIpc) is 1.81. The fraction of sp³-hybridized carbons (Fsp3) is 0.500. The van der Waals surface area contributed by atoms with Crippen LogP contribution >= 0.6 is 45.5 Å². The fourth-order valence-corrected chi connectivity index (χ4v) is 1.81. The van der Waals surface area contributed by atoms with E-state index in [0.29, 0.717) is 0 Å². The van der Waals surface area contributed by atoms with Gasteiger partial charge < -0.3 is 5.11 Å². The molecule has 0 bridgehead atoms. The second kappa shape index (κ2) is 5.24. The van der Waals surface area contributed by atoms with E-state index in [1.54, 1.807) is 45.5 Å². The highest BCUT2D eigenvalue weighted by Crippen LogP contribution is 2.01. The lowest BCUT2D eigenvalue weighted by Crippen LogP contribution is -2.29. The molecule has 0 aromatic heterocycles. The van der Waals surface area contributed by atoms with Crippen molar-refractivity contribution in [3.63, 3.8) is 0 Å². The first-order valence-electron chi connectivity index (χ1n) is 2.35. The molecule has 6 heteroatoms. The van der Waals surface area contributed by atoms with Crippen molar-refractivity contribution in [2.75, 3.05) is 0 Å². The van der Waals surface area contributed by atoms with Crippen molar-refractivity contribution in [3.8, 4) is 0 Å². The zero-order valence-corrected chi connectivity index (χ0v) is 9.12. The van der Waals surface area contributed by atoms with Gasteiger partial charge in [0.05, 0.1) is 12.5 Å². The molecule has 0 aromatic rings. The summed E-state index contributed by atoms with van der Waals surface area (Å²) in [5.74, 6) is -0.973. The van der Waals surface area contributed by atoms with Crippen LogP contribution < -0.4 is 3.53 Å². The van der Waals surface area contributed by atoms with Crippen LogP contribution in [0, 0.1) is 0 Å². The topological polar surface area (TPSA) is 66.4 Å². The number of carboxylic acids is 1. The number of carbonyl (C=O) groups is 2. The molecule has 0 saturated carbocycles. The Morgan fingerprint density at radius 1 is 1.60 bits per heavy atom. The maximum absolute atomic E-state index is 10.6. The highest BCUT2D eigenvalue weighted by atomic mass is 127. The van der Waals surface area contributed by atoms with Crippen LogP contribution in [0.3, 0.4) is 0 Å². The van der Waals surface area contributed by atoms with Crippen molar-refractivity contribution >= 4 is 55.2 Å². The van der Waals surface area contributed by atoms with Crippen LogP contribution in [0.25, 0.3) is 0 Å². The summed E-state index contributed by atoms with van der Waals surface area (Å²) in [5.41, 5.74) is 0. The van der Waals surface area contributed by atoms with E-state index in [1.165, 1.54) is 0 Å². The van der Waals surface area contributed by atoms with Gasteiger partial charge in [-0.2, -0.15) is 0 Å². The Bertz CT molecular complexity index is 149. The van der Waals surface area contributed by atoms with Gasteiger partial charge in [-0.1, -0.05) is 0 Å². The molecule has 0 rings (SSSR count). The second-order valence-electron chi connectivity index (χ2n) is 1.56. The number of carboxylic acid groups (broad SMARTS) is 1. The third-order valence-electron chi connectivity index (χ3n) is 0.784. The van der Waals surface area contributed by atoms with E-state index in [0.717, 1.165) is 0 Å². The van der Waals surface area contributed by atoms with Crippen LogP contribution in [0.15, 0.2) is 0 Å². The van der Waals surface area contributed by atoms with Crippen molar-refractivity contribution in [1.82, 2.24) is 3.53 Å². The van der Waals surface area contributed by atoms with Crippen LogP contribution in [0.4, 0.5) is 0 Å². The quantitative estimate of drug-likeness (QED) is 0.436. The monoisotopic (exact) mass is 369 g/mol. The van der Waals surface area contributed by atoms with Crippen LogP contribution in [-0.4, -0.2) is 20.9 Å². The first-order valence-corrected chi connectivity index (χ1v) is 4.51. The van der Waals surface area contributed by atoms with E-state index < -0.39 is 12.0 Å². The SMILES string of the molecule is O=C(O)CC(NI)C(=O)I. The summed E-state index contributed by atoms with van der Waals surface area (Å²) in [4.78, 5) is 20.6. The van der Waals surface area contributed by atoms with Gasteiger partial charge in [0.15, 0.2) is 0 Å². The van der Waals surface area contributed by atoms with Gasteiger partial charge in [0, 0.05) is 45.5 Å². The van der Waals surface area contributed by atoms with E-state index in [4.69, 9.17) is 5.11 Å². The minimum atomic E-state index is -0.973. The fourth-order valence-electron chi connectivity index (χ4n) is 0.336. The largest absolute Gasteiger partial charge is 0.481 e. The summed E-state index contributed by atoms with van der Waals surface area (Å²) in [7, 11) is 0. The lowest BCUT2D eigenvalue weighted by atomic mass is 10.2. The van der Waals surface area contributed by atoms with Crippen molar-refractivity contribution in [3.05, 3.63) is 0 Å². The molecule has 0 saturated heterocycles. The summed E-state index contributed by atoms with van der Waals surface area (Å²) in [6.45, 7) is 0. The number of carbonyl (C=O) groups excluding carboxylic acids is 1. The predicted molar refractivity (Wildman–Crippen MR) is 52.2 cm³/mol. The molecule has 58 valence electrons. The smallest absolute Gasteiger partial charge is 0.305 e. The van der Waals surface area contributed by atoms with Crippen LogP contribution in [0.5, 0.6) is 0 Å². The minimum Gasteiger partial charge on any atom is -0.481 e. The van der Waals surface area contributed by atoms with E-state index in [9.17, 15) is 9.59 Å². The lowest BCUT2D eigenvalue weighted by molar-refractivity contribution is -0.138. The maximum atomic E-state index is 10.6. The Morgan fingerprint density at radius 2 is 2.10 bits per heavy atom. The Labute approximate surface area is 85.4 Å². The van der Waals surface area contributed by atoms with Crippen molar-refractivity contribution in [2.45, 2.75) is 12.5 Å². The summed E-state index contributed by atoms with van der Waals surface area (Å²) in [5, 5.41) is 8.26. The van der Waals surface area contributed by atoms with Crippen LogP contribution in [-0.2, 0) is 9.59 Å². The zero-order chi connectivity index (χ0) is 8.15. The first kappa shape index (κ1) is 10.6. The molecule has 0 amide bonds. The Hall–Kier alpha value is 0.560. The Balaban J connectivity index is 3.83. The second-order valence-corrected chi connectivity index (χ2v) is 3.25. The van der Waals surface area contributed by atoms with Gasteiger partial charge in [-0.3, -0.25) is 9.59 Å². The number of nitrogens with one attached hydrogen (secondary N) is 1. The van der Waals surface area contributed by atoms with Crippen LogP contribution in [0.1, 0.15) is 6.42 Å². The molecule has 0 aliphatic heterocycles. The average molecular weight is 369 g/mol. The molecular weight excluding hydrogens is 364 g/mol. The standard InChI is InChI=1S/C4H5I2NO3/c5-4(10)2(7-6)1-3(8)9/h2,7H,1H2,(H,8,9). The minimum absolute atomic E-state index is 0.162. The summed E-state index contributed by atoms with van der Waals surface area (Å²) < 4.78 is 2.38. The molecule has 4 nitrogen and oxygen atoms in total. The molecule has 1 unspecified atom stereocenters. The van der Waals surface area contributed by atoms with Gasteiger partial charge in [0.25, 0.3) is 0 Å². The van der Waals surface area contributed by atoms with Gasteiger partial charge in [0.2, 0.25) is 3.79 Å². The zero-order valence-electron chi connectivity index (χ0n) is 4.80. The molecule has 0 radical (unpaired) electrons. The number of rotatable bonds is 4. The third-order valence-corrected chi connectivity index (χ3v) is 2.29. The maximum Gasteiger partial charge on any atom is 0.305 e. The van der Waals surface area contributed by atoms with E-state index in [-0.39, 0.29) is 10.2 Å². The molecule has 10 heavy (non-hydrogen) atoms. The molecule has 2 N–H and O–H groups in total. The summed E-state index contributed by atoms with van der Waals surface area (Å²) >= 11 is 3.33. The number of hydrogen-bond acceptors (Lipinski definition) is 3. The molecule has 0 aromatic carbocycles. The molecule has 0 aliphatic carbocycles. The highest BCUT2D eigenvalue weighted by molar-refractivity contribution is 14.1. The van der Waals surface area contributed by atoms with Crippen molar-refractivity contribution < 1.29 is 14.7 Å². The molecular formula is C4H5I2NO3. The molecule has 0 spiro atoms. The third kappa shape index (κ3) is 4.39. The number of aliphatic carboxylic acids is 1. The Morgan fingerprint density at radius 3 is 2.20 bits per heavy atom. The molecule has 0 fully saturated rings. The summed E-state index contributed by atoms with van der Waals surface area (Å²) in [6, 6.07) is -0.571. The van der Waals surface area contributed by atoms with Gasteiger partial charge in [-0.15, -0.1) is 0 Å². The van der Waals surface area contributed by atoms with Gasteiger partial charge in [-0.25, -0.2) is 3.53 Å². The number of halogens is 2. The first-order chi connectivity index (χ1) is 4.57. The molecule has 0 aliphatic rings. The van der Waals surface area contributed by atoms with Gasteiger partial charge >= 0.3 is 5.97 Å². The Kier molecular flexibility index (Phi) is 5.54.